The Bertz CT molecular complexity index is 2800. The van der Waals surface area contributed by atoms with Crippen molar-refractivity contribution in [2.24, 2.45) is 23.7 Å². The molecule has 3 saturated carbocycles. The summed E-state index contributed by atoms with van der Waals surface area (Å²) in [6, 6.07) is 24.1. The standard InChI is InChI=1S/C27H32F4.C21H13F7O.C17H24/c1-2-3-17-4-6-18(7-5-17)19-8-10-20(11-9-19)21-12-13-23(24(28)14-21)22-15-25(29)27(31)26(30)16-22;1-2-11-3-5-12(6-4-11)13-7-15(22)19(16(23)8-13)21(27,28)29-14-9-17(24)20(26)18(25)10-14;1-3-4-5-15-8-12-17(13-9-15)16-10-6-14(2)7-11-16/h12-20H,2-11H2,1H3;3-10H,2H2,1H3;3,6-7,10-11,15,17H,1,4-5,8-9,12-13H2,2H3. The molecule has 12 heteroatoms. The van der Waals surface area contributed by atoms with E-state index in [1.807, 2.05) is 13.0 Å². The molecule has 6 aromatic carbocycles. The zero-order chi connectivity index (χ0) is 55.4. The summed E-state index contributed by atoms with van der Waals surface area (Å²) in [5.74, 6) is -9.81. The lowest BCUT2D eigenvalue weighted by Gasteiger charge is -2.38. The van der Waals surface area contributed by atoms with E-state index >= 15 is 0 Å². The van der Waals surface area contributed by atoms with E-state index in [0.717, 1.165) is 72.1 Å². The van der Waals surface area contributed by atoms with E-state index in [0.29, 0.717) is 23.6 Å². The van der Waals surface area contributed by atoms with Crippen molar-refractivity contribution in [3.05, 3.63) is 196 Å². The maximum Gasteiger partial charge on any atom is 0.432 e. The molecule has 0 spiro atoms. The number of benzene rings is 6. The molecule has 0 bridgehead atoms. The van der Waals surface area contributed by atoms with Gasteiger partial charge in [0.05, 0.1) is 0 Å². The molecule has 9 rings (SSSR count). The van der Waals surface area contributed by atoms with Crippen molar-refractivity contribution in [1.29, 1.82) is 0 Å². The first-order valence-corrected chi connectivity index (χ1v) is 27.3. The van der Waals surface area contributed by atoms with Crippen molar-refractivity contribution in [3.8, 4) is 28.0 Å². The Hall–Kier alpha value is -5.91. The first-order valence-electron chi connectivity index (χ1n) is 27.3. The smallest absolute Gasteiger partial charge is 0.429 e. The zero-order valence-corrected chi connectivity index (χ0v) is 44.2. The van der Waals surface area contributed by atoms with Crippen LogP contribution >= 0.6 is 0 Å². The van der Waals surface area contributed by atoms with Crippen LogP contribution in [0.15, 0.2) is 116 Å². The molecule has 0 atom stereocenters. The fourth-order valence-electron chi connectivity index (χ4n) is 11.7. The number of hydrogen-bond donors (Lipinski definition) is 0. The van der Waals surface area contributed by atoms with E-state index in [1.165, 1.54) is 102 Å². The van der Waals surface area contributed by atoms with Gasteiger partial charge in [0.25, 0.3) is 0 Å². The largest absolute Gasteiger partial charge is 0.432 e. The number of alkyl halides is 2. The van der Waals surface area contributed by atoms with Gasteiger partial charge in [-0.1, -0.05) is 112 Å². The summed E-state index contributed by atoms with van der Waals surface area (Å²) >= 11 is 0. The molecule has 412 valence electrons. The number of allylic oxidation sites excluding steroid dienone is 1. The molecule has 3 aliphatic carbocycles. The van der Waals surface area contributed by atoms with Gasteiger partial charge in [0.15, 0.2) is 34.9 Å². The number of rotatable bonds is 14. The highest BCUT2D eigenvalue weighted by Crippen LogP contribution is 2.46. The molecule has 1 nitrogen and oxygen atoms in total. The lowest BCUT2D eigenvalue weighted by molar-refractivity contribution is -0.189. The van der Waals surface area contributed by atoms with Gasteiger partial charge in [0.2, 0.25) is 0 Å². The van der Waals surface area contributed by atoms with Crippen LogP contribution in [0.1, 0.15) is 156 Å². The van der Waals surface area contributed by atoms with Gasteiger partial charge in [-0.05, 0) is 190 Å². The third-order valence-electron chi connectivity index (χ3n) is 16.2. The van der Waals surface area contributed by atoms with Gasteiger partial charge in [0, 0.05) is 17.7 Å². The van der Waals surface area contributed by atoms with E-state index in [1.54, 1.807) is 35.9 Å². The normalized spacial score (nSPS) is 20.5. The summed E-state index contributed by atoms with van der Waals surface area (Å²) in [6.07, 6.45) is 19.0. The monoisotopic (exact) mass is 1070 g/mol. The van der Waals surface area contributed by atoms with Crippen LogP contribution in [0.2, 0.25) is 0 Å². The van der Waals surface area contributed by atoms with Crippen LogP contribution in [0.4, 0.5) is 48.3 Å². The SMILES string of the molecule is C=CCCC1CCC(c2ccc(C)cc2)CC1.CCCC1CCC(C2CCC(c3ccc(-c4cc(F)c(F)c(F)c4)c(F)c3)CC2)CC1.CCc1ccc(-c2cc(F)c(C(F)(F)Oc3cc(F)c(F)c(F)c3)c(F)c2)cc1. The fourth-order valence-corrected chi connectivity index (χ4v) is 11.7. The van der Waals surface area contributed by atoms with Gasteiger partial charge >= 0.3 is 6.11 Å². The van der Waals surface area contributed by atoms with Gasteiger partial charge in [-0.25, -0.2) is 39.5 Å². The molecule has 0 heterocycles. The first-order chi connectivity index (χ1) is 36.9. The van der Waals surface area contributed by atoms with Gasteiger partial charge < -0.3 is 4.74 Å². The van der Waals surface area contributed by atoms with E-state index < -0.39 is 69.8 Å². The van der Waals surface area contributed by atoms with E-state index in [4.69, 9.17) is 0 Å². The molecule has 0 radical (unpaired) electrons. The van der Waals surface area contributed by atoms with E-state index in [9.17, 15) is 48.3 Å². The molecular weight excluding hydrogens is 1010 g/mol. The predicted octanol–water partition coefficient (Wildman–Crippen LogP) is 20.8. The van der Waals surface area contributed by atoms with Crippen molar-refractivity contribution < 1.29 is 53.0 Å². The molecule has 6 aromatic rings. The third kappa shape index (κ3) is 15.4. The van der Waals surface area contributed by atoms with Crippen LogP contribution in [-0.2, 0) is 12.5 Å². The van der Waals surface area contributed by atoms with Crippen molar-refractivity contribution >= 4 is 0 Å². The summed E-state index contributed by atoms with van der Waals surface area (Å²) in [5.41, 5.74) is 3.64. The molecule has 0 aliphatic heterocycles. The van der Waals surface area contributed by atoms with Crippen molar-refractivity contribution in [3.63, 3.8) is 0 Å². The predicted molar refractivity (Wildman–Crippen MR) is 284 cm³/mol. The van der Waals surface area contributed by atoms with Gasteiger partial charge in [-0.2, -0.15) is 8.78 Å². The van der Waals surface area contributed by atoms with Crippen LogP contribution in [0.3, 0.4) is 0 Å². The highest BCUT2D eigenvalue weighted by molar-refractivity contribution is 5.66. The molecule has 77 heavy (non-hydrogen) atoms. The summed E-state index contributed by atoms with van der Waals surface area (Å²) < 4.78 is 156. The summed E-state index contributed by atoms with van der Waals surface area (Å²) in [7, 11) is 0. The Kier molecular flexibility index (Phi) is 20.7. The van der Waals surface area contributed by atoms with Crippen LogP contribution in [0, 0.1) is 83.0 Å². The van der Waals surface area contributed by atoms with Crippen LogP contribution in [0.25, 0.3) is 22.3 Å². The van der Waals surface area contributed by atoms with Crippen molar-refractivity contribution in [2.75, 3.05) is 0 Å². The van der Waals surface area contributed by atoms with Crippen molar-refractivity contribution in [1.82, 2.24) is 0 Å². The van der Waals surface area contributed by atoms with Crippen LogP contribution in [0.5, 0.6) is 5.75 Å². The first kappa shape index (κ1) is 58.8. The molecule has 0 saturated heterocycles. The molecular formula is C65H69F11O. The van der Waals surface area contributed by atoms with E-state index in [2.05, 4.69) is 55.5 Å². The Morgan fingerprint density at radius 2 is 0.961 bits per heavy atom. The fraction of sp³-hybridized carbons (Fsp3) is 0.415. The topological polar surface area (TPSA) is 9.23 Å². The highest BCUT2D eigenvalue weighted by Gasteiger charge is 2.42. The van der Waals surface area contributed by atoms with Gasteiger partial charge in [-0.3, -0.25) is 0 Å². The molecule has 0 aromatic heterocycles. The maximum absolute atomic E-state index is 14.8. The second-order valence-corrected chi connectivity index (χ2v) is 21.4. The maximum atomic E-state index is 14.8. The highest BCUT2D eigenvalue weighted by atomic mass is 19.3. The minimum atomic E-state index is -4.62. The van der Waals surface area contributed by atoms with Crippen LogP contribution in [-0.4, -0.2) is 0 Å². The second-order valence-electron chi connectivity index (χ2n) is 21.4. The Morgan fingerprint density at radius 3 is 1.48 bits per heavy atom. The quantitative estimate of drug-likeness (QED) is 0.0600. The second kappa shape index (κ2) is 27.1. The Morgan fingerprint density at radius 1 is 0.494 bits per heavy atom. The molecule has 0 amide bonds. The lowest BCUT2D eigenvalue weighted by atomic mass is 9.68. The third-order valence-corrected chi connectivity index (χ3v) is 16.2. The number of aryl methyl sites for hydroxylation is 2. The minimum absolute atomic E-state index is 0.0149. The summed E-state index contributed by atoms with van der Waals surface area (Å²) in [5, 5.41) is 0. The molecule has 0 unspecified atom stereocenters. The number of halogens is 11. The molecule has 3 fully saturated rings. The summed E-state index contributed by atoms with van der Waals surface area (Å²) in [4.78, 5) is 0. The van der Waals surface area contributed by atoms with Crippen LogP contribution < -0.4 is 4.74 Å². The van der Waals surface area contributed by atoms with E-state index in [-0.39, 0.29) is 28.8 Å². The Labute approximate surface area is 447 Å². The molecule has 3 aliphatic rings. The van der Waals surface area contributed by atoms with Gasteiger partial charge in [0.1, 0.15) is 28.8 Å². The lowest BCUT2D eigenvalue weighted by Crippen LogP contribution is -2.25. The number of ether oxygens (including phenoxy) is 1. The number of hydrogen-bond acceptors (Lipinski definition) is 1. The molecule has 0 N–H and O–H groups in total. The average Bonchev–Trinajstić information content (AvgIpc) is 3.42. The summed E-state index contributed by atoms with van der Waals surface area (Å²) in [6.45, 7) is 10.2. The Balaban J connectivity index is 0.000000175. The van der Waals surface area contributed by atoms with Crippen molar-refractivity contribution in [2.45, 2.75) is 148 Å². The zero-order valence-electron chi connectivity index (χ0n) is 44.2. The minimum Gasteiger partial charge on any atom is -0.429 e. The average molecular weight is 1080 g/mol. The van der Waals surface area contributed by atoms with Gasteiger partial charge in [-0.15, -0.1) is 6.58 Å².